The van der Waals surface area contributed by atoms with Gasteiger partial charge in [-0.2, -0.15) is 9.59 Å². The van der Waals surface area contributed by atoms with Crippen LogP contribution in [0.4, 0.5) is 0 Å². The van der Waals surface area contributed by atoms with Gasteiger partial charge in [0.2, 0.25) is 0 Å². The lowest BCUT2D eigenvalue weighted by atomic mass is 9.32. The van der Waals surface area contributed by atoms with Crippen molar-refractivity contribution in [1.29, 1.82) is 0 Å². The first kappa shape index (κ1) is 39.6. The zero-order valence-corrected chi connectivity index (χ0v) is 33.5. The molecule has 5 saturated carbocycles. The molecule has 1 heterocycles. The molecule has 5 fully saturated rings. The van der Waals surface area contributed by atoms with Gasteiger partial charge in [-0.05, 0) is 135 Å². The Kier molecular flexibility index (Phi) is 10.9. The maximum absolute atomic E-state index is 14.9. The average Bonchev–Trinajstić information content (AvgIpc) is 3.45. The first-order valence-corrected chi connectivity index (χ1v) is 20.0. The Morgan fingerprint density at radius 1 is 0.922 bits per heavy atom. The van der Waals surface area contributed by atoms with Gasteiger partial charge in [0.15, 0.2) is 0 Å². The van der Waals surface area contributed by atoms with Crippen molar-refractivity contribution in [2.75, 3.05) is 0 Å². The van der Waals surface area contributed by atoms with Gasteiger partial charge >= 0.3 is 12.1 Å². The number of Topliss-reactive ketones (excluding diaryl/α,β-unsaturated/α-hetero) is 1. The van der Waals surface area contributed by atoms with E-state index in [2.05, 4.69) is 87.9 Å². The summed E-state index contributed by atoms with van der Waals surface area (Å²) in [5, 5.41) is 0. The van der Waals surface area contributed by atoms with Crippen LogP contribution < -0.4 is 0 Å². The maximum Gasteiger partial charge on any atom is 0.373 e. The molecular formula is C45H67NO5. The fraction of sp³-hybridized carbons (Fsp3) is 0.778. The molecule has 0 bridgehead atoms. The van der Waals surface area contributed by atoms with Gasteiger partial charge in [0, 0.05) is 41.0 Å². The zero-order chi connectivity index (χ0) is 37.8. The number of fused-ring (bicyclic) bond motifs is 7. The van der Waals surface area contributed by atoms with Gasteiger partial charge in [0.05, 0.1) is 0 Å². The lowest BCUT2D eigenvalue weighted by molar-refractivity contribution is -0.249. The Bertz CT molecular complexity index is 1510. The molecule has 5 unspecified atom stereocenters. The fourth-order valence-corrected chi connectivity index (χ4v) is 13.8. The van der Waals surface area contributed by atoms with Gasteiger partial charge < -0.3 is 4.74 Å². The summed E-state index contributed by atoms with van der Waals surface area (Å²) in [6, 6.07) is 6.11. The molecule has 0 spiro atoms. The number of esters is 1. The molecule has 0 N–H and O–H groups in total. The van der Waals surface area contributed by atoms with Crippen molar-refractivity contribution in [3.8, 4) is 0 Å². The highest BCUT2D eigenvalue weighted by molar-refractivity contribution is 5.87. The van der Waals surface area contributed by atoms with Gasteiger partial charge in [0.1, 0.15) is 11.9 Å². The molecule has 282 valence electrons. The zero-order valence-electron chi connectivity index (χ0n) is 33.5. The molecule has 6 heteroatoms. The van der Waals surface area contributed by atoms with Crippen LogP contribution in [0.15, 0.2) is 36.5 Å². The van der Waals surface area contributed by atoms with E-state index in [9.17, 15) is 9.59 Å². The van der Waals surface area contributed by atoms with Crippen LogP contribution in [0.2, 0.25) is 0 Å². The summed E-state index contributed by atoms with van der Waals surface area (Å²) in [5.41, 5.74) is 2.38. The first-order chi connectivity index (χ1) is 23.7. The standard InChI is InChI=1S/C44H67NO3.CO2/c1-28(2)26-37(47)48-36-19-20-41(9)32(40(36,7)8)18-21-43(11)33(41)16-15-31-38-30(29(3)4)17-22-44(38,24-23-42(31,43)10)35(46)27-39(5,6)34-14-12-13-25-45-34;2-1-3/h12-14,25,28,30-33,36,38H,3,15-24,26-27H2,1-2,4-11H3;/t30-,31?,32?,33?,36?,38?,41-,42+,43+,44+;/m0./s1. The fourth-order valence-electron chi connectivity index (χ4n) is 13.8. The maximum atomic E-state index is 14.9. The van der Waals surface area contributed by atoms with Crippen LogP contribution in [0.5, 0.6) is 0 Å². The number of carbonyl (C=O) groups is 2. The van der Waals surface area contributed by atoms with Crippen molar-refractivity contribution >= 4 is 17.9 Å². The van der Waals surface area contributed by atoms with Crippen LogP contribution in [0, 0.1) is 62.6 Å². The Balaban J connectivity index is 0.00000162. The molecule has 1 aromatic rings. The molecule has 0 aromatic carbocycles. The van der Waals surface area contributed by atoms with Crippen molar-refractivity contribution in [2.45, 2.75) is 158 Å². The summed E-state index contributed by atoms with van der Waals surface area (Å²) in [6.07, 6.45) is 14.5. The molecule has 10 atom stereocenters. The van der Waals surface area contributed by atoms with E-state index >= 15 is 0 Å². The Morgan fingerprint density at radius 3 is 2.22 bits per heavy atom. The third-order valence-corrected chi connectivity index (χ3v) is 16.4. The van der Waals surface area contributed by atoms with Crippen molar-refractivity contribution in [3.63, 3.8) is 0 Å². The number of ketones is 1. The van der Waals surface area contributed by atoms with Gasteiger partial charge in [0.25, 0.3) is 0 Å². The number of pyridine rings is 1. The number of ether oxygens (including phenoxy) is 1. The minimum Gasteiger partial charge on any atom is -0.462 e. The van der Waals surface area contributed by atoms with Crippen LogP contribution in [0.25, 0.3) is 0 Å². The third kappa shape index (κ3) is 6.42. The van der Waals surface area contributed by atoms with E-state index in [0.717, 1.165) is 44.2 Å². The van der Waals surface area contributed by atoms with Crippen molar-refractivity contribution in [3.05, 3.63) is 42.2 Å². The summed E-state index contributed by atoms with van der Waals surface area (Å²) >= 11 is 0. The Hall–Kier alpha value is -2.59. The number of nitrogens with zero attached hydrogens (tertiary/aromatic N) is 1. The molecule has 1 aromatic heterocycles. The largest absolute Gasteiger partial charge is 0.462 e. The molecule has 5 aliphatic rings. The molecule has 0 amide bonds. The highest BCUT2D eigenvalue weighted by Gasteiger charge is 2.72. The predicted octanol–water partition coefficient (Wildman–Crippen LogP) is 10.4. The molecule has 0 aliphatic heterocycles. The third-order valence-electron chi connectivity index (χ3n) is 16.4. The Labute approximate surface area is 308 Å². The van der Waals surface area contributed by atoms with Gasteiger partial charge in [-0.3, -0.25) is 14.6 Å². The minimum absolute atomic E-state index is 0.00423. The van der Waals surface area contributed by atoms with Crippen LogP contribution in [-0.4, -0.2) is 29.0 Å². The molecule has 5 aliphatic carbocycles. The molecule has 6 nitrogen and oxygen atoms in total. The topological polar surface area (TPSA) is 90.4 Å². The average molecular weight is 702 g/mol. The van der Waals surface area contributed by atoms with E-state index < -0.39 is 0 Å². The molecule has 51 heavy (non-hydrogen) atoms. The van der Waals surface area contributed by atoms with E-state index in [1.54, 1.807) is 0 Å². The number of allylic oxidation sites excluding steroid dienone is 1. The van der Waals surface area contributed by atoms with Crippen LogP contribution in [0.1, 0.15) is 152 Å². The normalized spacial score (nSPS) is 39.5. The van der Waals surface area contributed by atoms with Crippen molar-refractivity contribution in [2.24, 2.45) is 62.6 Å². The molecule has 0 saturated heterocycles. The summed E-state index contributed by atoms with van der Waals surface area (Å²) in [5.74, 6) is 3.34. The van der Waals surface area contributed by atoms with Crippen LogP contribution >= 0.6 is 0 Å². The van der Waals surface area contributed by atoms with Crippen molar-refractivity contribution in [1.82, 2.24) is 4.98 Å². The number of hydrogen-bond acceptors (Lipinski definition) is 6. The van der Waals surface area contributed by atoms with E-state index in [1.165, 1.54) is 31.3 Å². The number of rotatable bonds is 8. The first-order valence-electron chi connectivity index (χ1n) is 20.0. The van der Waals surface area contributed by atoms with Gasteiger partial charge in [-0.15, -0.1) is 0 Å². The highest BCUT2D eigenvalue weighted by Crippen LogP contribution is 2.77. The molecule has 6 rings (SSSR count). The Morgan fingerprint density at radius 2 is 1.61 bits per heavy atom. The van der Waals surface area contributed by atoms with E-state index in [0.29, 0.717) is 54.1 Å². The second-order valence-corrected chi connectivity index (χ2v) is 20.1. The smallest absolute Gasteiger partial charge is 0.373 e. The predicted molar refractivity (Wildman–Crippen MR) is 200 cm³/mol. The van der Waals surface area contributed by atoms with Gasteiger partial charge in [-0.1, -0.05) is 80.5 Å². The number of hydrogen-bond donors (Lipinski definition) is 0. The van der Waals surface area contributed by atoms with E-state index in [-0.39, 0.29) is 50.7 Å². The van der Waals surface area contributed by atoms with Crippen LogP contribution in [-0.2, 0) is 29.3 Å². The summed E-state index contributed by atoms with van der Waals surface area (Å²) in [4.78, 5) is 48.7. The lowest BCUT2D eigenvalue weighted by Crippen LogP contribution is -2.67. The van der Waals surface area contributed by atoms with E-state index in [4.69, 9.17) is 19.3 Å². The number of carbonyl (C=O) groups excluding carboxylic acids is 4. The second kappa shape index (κ2) is 14.0. The lowest BCUT2D eigenvalue weighted by Gasteiger charge is -2.73. The summed E-state index contributed by atoms with van der Waals surface area (Å²) < 4.78 is 6.27. The van der Waals surface area contributed by atoms with E-state index in [1.807, 2.05) is 12.3 Å². The highest BCUT2D eigenvalue weighted by atomic mass is 16.5. The monoisotopic (exact) mass is 702 g/mol. The van der Waals surface area contributed by atoms with Crippen molar-refractivity contribution < 1.29 is 23.9 Å². The second-order valence-electron chi connectivity index (χ2n) is 20.1. The quantitative estimate of drug-likeness (QED) is 0.198. The summed E-state index contributed by atoms with van der Waals surface area (Å²) in [7, 11) is 0. The van der Waals surface area contributed by atoms with Crippen LogP contribution in [0.3, 0.4) is 0 Å². The van der Waals surface area contributed by atoms with Gasteiger partial charge in [-0.25, -0.2) is 0 Å². The number of aromatic nitrogens is 1. The minimum atomic E-state index is -0.287. The molecular weight excluding hydrogens is 634 g/mol. The SMILES string of the molecule is C=C(C)[C@@H]1CC[C@]2(C(=O)CC(C)(C)c3ccccn3)CC[C@]3(C)C(CCC4[C@@]5(C)CCC(OC(=O)CC(C)C)C(C)(C)C5CC[C@]43C)C12.O=C=O. The summed E-state index contributed by atoms with van der Waals surface area (Å²) in [6.45, 7) is 28.2. The molecule has 0 radical (unpaired) electrons.